The van der Waals surface area contributed by atoms with E-state index in [-0.39, 0.29) is 30.7 Å². The monoisotopic (exact) mass is 367 g/mol. The molecule has 7 heteroatoms. The van der Waals surface area contributed by atoms with Crippen LogP contribution in [0.2, 0.25) is 0 Å². The third kappa shape index (κ3) is 4.27. The van der Waals surface area contributed by atoms with Crippen LogP contribution in [0.25, 0.3) is 11.4 Å². The van der Waals surface area contributed by atoms with Crippen molar-refractivity contribution >= 4 is 5.82 Å². The average Bonchev–Trinajstić information content (AvgIpc) is 2.68. The first-order valence-corrected chi connectivity index (χ1v) is 8.41. The van der Waals surface area contributed by atoms with Crippen LogP contribution in [0.3, 0.4) is 0 Å². The minimum absolute atomic E-state index is 0.0476. The fourth-order valence-corrected chi connectivity index (χ4v) is 2.51. The Hall–Kier alpha value is -3.32. The van der Waals surface area contributed by atoms with Crippen LogP contribution in [0, 0.1) is 6.92 Å². The van der Waals surface area contributed by atoms with E-state index in [9.17, 15) is 0 Å². The highest BCUT2D eigenvalue weighted by molar-refractivity contribution is 5.64. The number of benzene rings is 2. The van der Waals surface area contributed by atoms with Crippen molar-refractivity contribution in [1.29, 1.82) is 0 Å². The molecule has 7 nitrogen and oxygen atoms in total. The zero-order chi connectivity index (χ0) is 19.2. The summed E-state index contributed by atoms with van der Waals surface area (Å²) < 4.78 is 16.7. The first-order chi connectivity index (χ1) is 13.1. The van der Waals surface area contributed by atoms with Crippen LogP contribution in [0.1, 0.15) is 5.56 Å². The summed E-state index contributed by atoms with van der Waals surface area (Å²) in [5.41, 5.74) is 8.03. The average molecular weight is 367 g/mol. The van der Waals surface area contributed by atoms with E-state index < -0.39 is 0 Å². The number of aromatic nitrogens is 2. The summed E-state index contributed by atoms with van der Waals surface area (Å²) in [6.45, 7) is 1.86. The number of hydrogen-bond acceptors (Lipinski definition) is 7. The molecule has 140 valence electrons. The van der Waals surface area contributed by atoms with Crippen molar-refractivity contribution in [1.82, 2.24) is 9.97 Å². The number of aliphatic hydroxyl groups is 1. The quantitative estimate of drug-likeness (QED) is 0.661. The van der Waals surface area contributed by atoms with Crippen molar-refractivity contribution in [2.45, 2.75) is 6.92 Å². The van der Waals surface area contributed by atoms with Gasteiger partial charge in [0.25, 0.3) is 5.88 Å². The van der Waals surface area contributed by atoms with E-state index in [4.69, 9.17) is 25.1 Å². The molecule has 0 aliphatic rings. The molecule has 3 aromatic rings. The molecule has 1 heterocycles. The molecule has 0 saturated heterocycles. The number of hydrogen-bond donors (Lipinski definition) is 2. The molecule has 3 N–H and O–H groups in total. The van der Waals surface area contributed by atoms with Gasteiger partial charge in [-0.25, -0.2) is 4.98 Å². The molecule has 0 saturated carbocycles. The summed E-state index contributed by atoms with van der Waals surface area (Å²) in [4.78, 5) is 8.81. The van der Waals surface area contributed by atoms with E-state index >= 15 is 0 Å². The Balaban J connectivity index is 2.04. The second kappa shape index (κ2) is 8.37. The predicted octanol–water partition coefficient (Wildman–Crippen LogP) is 3.21. The van der Waals surface area contributed by atoms with Gasteiger partial charge in [-0.05, 0) is 25.1 Å². The van der Waals surface area contributed by atoms with E-state index in [1.807, 2.05) is 43.3 Å². The number of para-hydroxylation sites is 2. The Morgan fingerprint density at radius 2 is 1.81 bits per heavy atom. The highest BCUT2D eigenvalue weighted by Gasteiger charge is 2.19. The van der Waals surface area contributed by atoms with Crippen LogP contribution in [-0.4, -0.2) is 35.4 Å². The van der Waals surface area contributed by atoms with E-state index in [1.165, 1.54) is 0 Å². The van der Waals surface area contributed by atoms with E-state index in [0.29, 0.717) is 17.3 Å². The second-order valence-electron chi connectivity index (χ2n) is 5.76. The number of anilines is 1. The van der Waals surface area contributed by atoms with Gasteiger partial charge in [0.1, 0.15) is 6.61 Å². The molecule has 0 bridgehead atoms. The van der Waals surface area contributed by atoms with Crippen LogP contribution in [0.4, 0.5) is 5.82 Å². The number of nitrogens with two attached hydrogens (primary N) is 1. The van der Waals surface area contributed by atoms with Crippen LogP contribution < -0.4 is 19.9 Å². The predicted molar refractivity (Wildman–Crippen MR) is 102 cm³/mol. The Labute approximate surface area is 157 Å². The molecular weight excluding hydrogens is 346 g/mol. The summed E-state index contributed by atoms with van der Waals surface area (Å²) in [7, 11) is 1.55. The van der Waals surface area contributed by atoms with Crippen molar-refractivity contribution in [3.05, 3.63) is 54.1 Å². The van der Waals surface area contributed by atoms with Gasteiger partial charge >= 0.3 is 0 Å². The zero-order valence-electron chi connectivity index (χ0n) is 15.2. The first kappa shape index (κ1) is 18.5. The highest BCUT2D eigenvalue weighted by atomic mass is 16.5. The van der Waals surface area contributed by atoms with Gasteiger partial charge in [0.15, 0.2) is 23.1 Å². The molecule has 0 amide bonds. The summed E-state index contributed by atoms with van der Waals surface area (Å²) in [5.74, 6) is 1.85. The van der Waals surface area contributed by atoms with Gasteiger partial charge in [0.2, 0.25) is 5.75 Å². The maximum Gasteiger partial charge on any atom is 0.263 e. The van der Waals surface area contributed by atoms with Crippen molar-refractivity contribution in [2.24, 2.45) is 0 Å². The minimum atomic E-state index is -0.169. The number of rotatable bonds is 7. The Morgan fingerprint density at radius 3 is 2.52 bits per heavy atom. The molecule has 0 aliphatic carbocycles. The van der Waals surface area contributed by atoms with E-state index in [0.717, 1.165) is 11.1 Å². The van der Waals surface area contributed by atoms with Gasteiger partial charge in [-0.1, -0.05) is 35.9 Å². The van der Waals surface area contributed by atoms with Crippen molar-refractivity contribution in [3.63, 3.8) is 0 Å². The molecule has 0 unspecified atom stereocenters. The number of ether oxygens (including phenoxy) is 3. The number of nitrogen functional groups attached to an aromatic ring is 1. The van der Waals surface area contributed by atoms with Gasteiger partial charge in [0.05, 0.1) is 13.7 Å². The summed E-state index contributed by atoms with van der Waals surface area (Å²) >= 11 is 0. The number of aliphatic hydroxyl groups excluding tert-OH is 1. The smallest absolute Gasteiger partial charge is 0.263 e. The van der Waals surface area contributed by atoms with Crippen LogP contribution in [-0.2, 0) is 0 Å². The topological polar surface area (TPSA) is 99.7 Å². The van der Waals surface area contributed by atoms with Crippen LogP contribution in [0.5, 0.6) is 23.1 Å². The fourth-order valence-electron chi connectivity index (χ4n) is 2.51. The lowest BCUT2D eigenvalue weighted by molar-refractivity contribution is 0.192. The lowest BCUT2D eigenvalue weighted by Gasteiger charge is -2.15. The summed E-state index contributed by atoms with van der Waals surface area (Å²) in [5, 5.41) is 9.12. The number of aryl methyl sites for hydroxylation is 1. The third-order valence-electron chi connectivity index (χ3n) is 3.75. The standard InChI is InChI=1S/C20H21N3O4/c1-13-6-5-7-14(12-13)19-22-18(21)17(20(23-19)26-11-10-24)27-16-9-4-3-8-15(16)25-2/h3-9,12,24H,10-11H2,1-2H3,(H2,21,22,23). The zero-order valence-corrected chi connectivity index (χ0v) is 15.2. The molecule has 27 heavy (non-hydrogen) atoms. The SMILES string of the molecule is COc1ccccc1Oc1c(N)nc(-c2cccc(C)c2)nc1OCCO. The van der Waals surface area contributed by atoms with Crippen molar-refractivity contribution in [2.75, 3.05) is 26.1 Å². The molecule has 1 aromatic heterocycles. The molecule has 2 aromatic carbocycles. The maximum atomic E-state index is 9.12. The highest BCUT2D eigenvalue weighted by Crippen LogP contribution is 2.39. The Bertz CT molecular complexity index is 931. The second-order valence-corrected chi connectivity index (χ2v) is 5.76. The largest absolute Gasteiger partial charge is 0.493 e. The number of methoxy groups -OCH3 is 1. The molecule has 0 spiro atoms. The Morgan fingerprint density at radius 1 is 1.04 bits per heavy atom. The molecule has 3 rings (SSSR count). The molecule has 0 radical (unpaired) electrons. The first-order valence-electron chi connectivity index (χ1n) is 8.41. The minimum Gasteiger partial charge on any atom is -0.493 e. The lowest BCUT2D eigenvalue weighted by Crippen LogP contribution is -2.08. The summed E-state index contributed by atoms with van der Waals surface area (Å²) in [6, 6.07) is 14.9. The van der Waals surface area contributed by atoms with Gasteiger partial charge < -0.3 is 25.1 Å². The molecular formula is C20H21N3O4. The van der Waals surface area contributed by atoms with Crippen LogP contribution >= 0.6 is 0 Å². The van der Waals surface area contributed by atoms with Crippen LogP contribution in [0.15, 0.2) is 48.5 Å². The van der Waals surface area contributed by atoms with Gasteiger partial charge in [0, 0.05) is 5.56 Å². The lowest BCUT2D eigenvalue weighted by atomic mass is 10.1. The maximum absolute atomic E-state index is 9.12. The molecule has 0 atom stereocenters. The fraction of sp³-hybridized carbons (Fsp3) is 0.200. The normalized spacial score (nSPS) is 10.5. The summed E-state index contributed by atoms with van der Waals surface area (Å²) in [6.07, 6.45) is 0. The van der Waals surface area contributed by atoms with Gasteiger partial charge in [-0.3, -0.25) is 0 Å². The van der Waals surface area contributed by atoms with Gasteiger partial charge in [-0.2, -0.15) is 4.98 Å². The van der Waals surface area contributed by atoms with E-state index in [2.05, 4.69) is 9.97 Å². The molecule has 0 aliphatic heterocycles. The third-order valence-corrected chi connectivity index (χ3v) is 3.75. The van der Waals surface area contributed by atoms with Crippen molar-refractivity contribution in [3.8, 4) is 34.5 Å². The Kier molecular flexibility index (Phi) is 5.73. The van der Waals surface area contributed by atoms with Crippen molar-refractivity contribution < 1.29 is 19.3 Å². The number of nitrogens with zero attached hydrogens (tertiary/aromatic N) is 2. The van der Waals surface area contributed by atoms with E-state index in [1.54, 1.807) is 19.2 Å². The molecule has 0 fully saturated rings. The van der Waals surface area contributed by atoms with Gasteiger partial charge in [-0.15, -0.1) is 0 Å².